The zero-order valence-electron chi connectivity index (χ0n) is 21.0. The zero-order chi connectivity index (χ0) is 24.7. The van der Waals surface area contributed by atoms with E-state index in [2.05, 4.69) is 76.2 Å². The SMILES string of the molecule is Cc1ccc(C)cc1.Cc1ccccc1.Cc1ccccc1.c1ccccc1.c1ccccc1. The van der Waals surface area contributed by atoms with Crippen molar-refractivity contribution in [2.45, 2.75) is 27.7 Å². The lowest BCUT2D eigenvalue weighted by Crippen LogP contribution is -1.70. The van der Waals surface area contributed by atoms with E-state index in [1.54, 1.807) is 0 Å². The normalized spacial score (nSPS) is 8.59. The van der Waals surface area contributed by atoms with Crippen molar-refractivity contribution >= 4 is 0 Å². The van der Waals surface area contributed by atoms with E-state index in [1.807, 2.05) is 109 Å². The van der Waals surface area contributed by atoms with E-state index in [1.165, 1.54) is 22.3 Å². The molecule has 0 N–H and O–H groups in total. The summed E-state index contributed by atoms with van der Waals surface area (Å²) in [5.74, 6) is 0. The summed E-state index contributed by atoms with van der Waals surface area (Å²) in [6.45, 7) is 8.36. The van der Waals surface area contributed by atoms with Crippen LogP contribution in [0, 0.1) is 27.7 Å². The molecule has 5 rings (SSSR count). The molecule has 5 aromatic rings. The van der Waals surface area contributed by atoms with Gasteiger partial charge in [0.15, 0.2) is 0 Å². The van der Waals surface area contributed by atoms with Crippen LogP contribution in [0.25, 0.3) is 0 Å². The standard InChI is InChI=1S/C8H10.2C7H8.2C6H6/c1-7-3-5-8(2)6-4-7;2*1-7-5-3-2-4-6-7;2*1-2-4-6-5-3-1/h3-6H,1-2H3;2*2-6H,1H3;2*1-6H. The first-order valence-electron chi connectivity index (χ1n) is 11.6. The summed E-state index contributed by atoms with van der Waals surface area (Å²) in [5.41, 5.74) is 5.30. The number of aryl methyl sites for hydroxylation is 4. The van der Waals surface area contributed by atoms with Gasteiger partial charge in [-0.1, -0.05) is 180 Å². The van der Waals surface area contributed by atoms with Crippen LogP contribution < -0.4 is 0 Å². The van der Waals surface area contributed by atoms with Crippen LogP contribution in [-0.2, 0) is 0 Å². The van der Waals surface area contributed by atoms with Gasteiger partial charge in [-0.25, -0.2) is 0 Å². The van der Waals surface area contributed by atoms with Gasteiger partial charge in [0, 0.05) is 0 Å². The highest BCUT2D eigenvalue weighted by Gasteiger charge is 1.80. The third kappa shape index (κ3) is 17.7. The Balaban J connectivity index is 0.000000213. The third-order valence-electron chi connectivity index (χ3n) is 4.43. The fourth-order valence-corrected chi connectivity index (χ4v) is 2.48. The Kier molecular flexibility index (Phi) is 16.4. The van der Waals surface area contributed by atoms with Crippen LogP contribution in [0.2, 0.25) is 0 Å². The fraction of sp³-hybridized carbons (Fsp3) is 0.118. The van der Waals surface area contributed by atoms with Gasteiger partial charge in [-0.15, -0.1) is 0 Å². The van der Waals surface area contributed by atoms with Gasteiger partial charge in [-0.2, -0.15) is 0 Å². The van der Waals surface area contributed by atoms with Crippen LogP contribution >= 0.6 is 0 Å². The molecule has 0 saturated heterocycles. The molecule has 0 aliphatic rings. The minimum Gasteiger partial charge on any atom is -0.0623 e. The number of benzene rings is 5. The Bertz CT molecular complexity index is 893. The van der Waals surface area contributed by atoms with Crippen LogP contribution in [0.4, 0.5) is 0 Å². The molecule has 0 heterocycles. The van der Waals surface area contributed by atoms with Crippen molar-refractivity contribution in [3.63, 3.8) is 0 Å². The Morgan fingerprint density at radius 3 is 0.500 bits per heavy atom. The molecule has 0 atom stereocenters. The maximum atomic E-state index is 2.12. The van der Waals surface area contributed by atoms with E-state index in [-0.39, 0.29) is 0 Å². The molecular weight excluding hydrogens is 408 g/mol. The molecule has 0 nitrogen and oxygen atoms in total. The van der Waals surface area contributed by atoms with Gasteiger partial charge in [0.2, 0.25) is 0 Å². The zero-order valence-corrected chi connectivity index (χ0v) is 21.0. The highest BCUT2D eigenvalue weighted by Crippen LogP contribution is 1.99. The van der Waals surface area contributed by atoms with E-state index in [9.17, 15) is 0 Å². The third-order valence-corrected chi connectivity index (χ3v) is 4.43. The molecule has 0 heteroatoms. The van der Waals surface area contributed by atoms with E-state index >= 15 is 0 Å². The Hall–Kier alpha value is -3.90. The minimum absolute atomic E-state index is 1.32. The molecule has 5 aromatic carbocycles. The van der Waals surface area contributed by atoms with Crippen molar-refractivity contribution < 1.29 is 0 Å². The topological polar surface area (TPSA) is 0 Å². The molecular formula is C34H38. The van der Waals surface area contributed by atoms with E-state index in [4.69, 9.17) is 0 Å². The van der Waals surface area contributed by atoms with Crippen molar-refractivity contribution in [2.24, 2.45) is 0 Å². The molecule has 0 unspecified atom stereocenters. The van der Waals surface area contributed by atoms with Crippen molar-refractivity contribution in [1.29, 1.82) is 0 Å². The second kappa shape index (κ2) is 19.8. The van der Waals surface area contributed by atoms with Crippen LogP contribution in [0.5, 0.6) is 0 Å². The van der Waals surface area contributed by atoms with Gasteiger partial charge in [0.1, 0.15) is 0 Å². The first kappa shape index (κ1) is 28.1. The van der Waals surface area contributed by atoms with Crippen molar-refractivity contribution in [3.05, 3.63) is 180 Å². The first-order valence-corrected chi connectivity index (χ1v) is 11.6. The van der Waals surface area contributed by atoms with Crippen LogP contribution in [0.15, 0.2) is 158 Å². The Labute approximate surface area is 207 Å². The van der Waals surface area contributed by atoms with Gasteiger partial charge < -0.3 is 0 Å². The lowest BCUT2D eigenvalue weighted by molar-refractivity contribution is 1.40. The molecule has 0 radical (unpaired) electrons. The molecule has 0 amide bonds. The lowest BCUT2D eigenvalue weighted by atomic mass is 10.2. The van der Waals surface area contributed by atoms with Gasteiger partial charge in [0.05, 0.1) is 0 Å². The molecule has 0 aliphatic heterocycles. The molecule has 0 bridgehead atoms. The Morgan fingerprint density at radius 1 is 0.206 bits per heavy atom. The van der Waals surface area contributed by atoms with Gasteiger partial charge in [-0.05, 0) is 27.7 Å². The lowest BCUT2D eigenvalue weighted by Gasteiger charge is -1.90. The summed E-state index contributed by atoms with van der Waals surface area (Å²) in [6.07, 6.45) is 0. The molecule has 174 valence electrons. The fourth-order valence-electron chi connectivity index (χ4n) is 2.48. The number of rotatable bonds is 0. The second-order valence-corrected chi connectivity index (χ2v) is 7.77. The van der Waals surface area contributed by atoms with Gasteiger partial charge in [-0.3, -0.25) is 0 Å². The smallest absolute Gasteiger partial charge is 0.0398 e. The Morgan fingerprint density at radius 2 is 0.353 bits per heavy atom. The summed E-state index contributed by atoms with van der Waals surface area (Å²) in [7, 11) is 0. The minimum atomic E-state index is 1.32. The summed E-state index contributed by atoms with van der Waals surface area (Å²) in [6, 6.07) is 53.0. The summed E-state index contributed by atoms with van der Waals surface area (Å²) in [4.78, 5) is 0. The average molecular weight is 447 g/mol. The van der Waals surface area contributed by atoms with Gasteiger partial charge >= 0.3 is 0 Å². The predicted octanol–water partition coefficient (Wildman–Crippen LogP) is 9.67. The van der Waals surface area contributed by atoms with Crippen LogP contribution in [0.1, 0.15) is 22.3 Å². The first-order chi connectivity index (χ1) is 16.6. The molecule has 0 saturated carbocycles. The van der Waals surface area contributed by atoms with Gasteiger partial charge in [0.25, 0.3) is 0 Å². The number of hydrogen-bond donors (Lipinski definition) is 0. The molecule has 0 fully saturated rings. The molecule has 34 heavy (non-hydrogen) atoms. The average Bonchev–Trinajstić information content (AvgIpc) is 2.90. The van der Waals surface area contributed by atoms with E-state index < -0.39 is 0 Å². The molecule has 0 aromatic heterocycles. The van der Waals surface area contributed by atoms with Crippen molar-refractivity contribution in [1.82, 2.24) is 0 Å². The number of hydrogen-bond acceptors (Lipinski definition) is 0. The maximum Gasteiger partial charge on any atom is -0.0398 e. The quantitative estimate of drug-likeness (QED) is 0.222. The maximum absolute atomic E-state index is 2.12. The summed E-state index contributed by atoms with van der Waals surface area (Å²) < 4.78 is 0. The monoisotopic (exact) mass is 446 g/mol. The van der Waals surface area contributed by atoms with Crippen LogP contribution in [0.3, 0.4) is 0 Å². The van der Waals surface area contributed by atoms with Crippen LogP contribution in [-0.4, -0.2) is 0 Å². The van der Waals surface area contributed by atoms with Crippen molar-refractivity contribution in [3.8, 4) is 0 Å². The van der Waals surface area contributed by atoms with E-state index in [0.717, 1.165) is 0 Å². The van der Waals surface area contributed by atoms with E-state index in [0.29, 0.717) is 0 Å². The summed E-state index contributed by atoms with van der Waals surface area (Å²) >= 11 is 0. The van der Waals surface area contributed by atoms with Crippen molar-refractivity contribution in [2.75, 3.05) is 0 Å². The predicted molar refractivity (Wildman–Crippen MR) is 151 cm³/mol. The molecule has 0 aliphatic carbocycles. The largest absolute Gasteiger partial charge is 0.0623 e. The highest BCUT2D eigenvalue weighted by molar-refractivity contribution is 5.19. The summed E-state index contributed by atoms with van der Waals surface area (Å²) in [5, 5.41) is 0. The second-order valence-electron chi connectivity index (χ2n) is 7.77. The molecule has 0 spiro atoms. The highest BCUT2D eigenvalue weighted by atomic mass is 13.9.